The SMILES string of the molecule is CCCc1ccc(C(=O)CCC(=O)O[C@H](C)C(=O)NCc2ccc(F)cc2)cc1. The largest absolute Gasteiger partial charge is 0.453 e. The zero-order valence-electron chi connectivity index (χ0n) is 16.7. The van der Waals surface area contributed by atoms with Gasteiger partial charge in [0.1, 0.15) is 5.82 Å². The van der Waals surface area contributed by atoms with E-state index >= 15 is 0 Å². The highest BCUT2D eigenvalue weighted by atomic mass is 19.1. The molecule has 0 saturated heterocycles. The summed E-state index contributed by atoms with van der Waals surface area (Å²) in [6.07, 6.45) is 0.948. The number of hydrogen-bond donors (Lipinski definition) is 1. The van der Waals surface area contributed by atoms with Gasteiger partial charge in [0.05, 0.1) is 6.42 Å². The van der Waals surface area contributed by atoms with E-state index in [2.05, 4.69) is 12.2 Å². The molecule has 0 aliphatic rings. The molecule has 2 aromatic carbocycles. The van der Waals surface area contributed by atoms with Crippen LogP contribution >= 0.6 is 0 Å². The van der Waals surface area contributed by atoms with Gasteiger partial charge in [0, 0.05) is 18.5 Å². The Morgan fingerprint density at radius 3 is 2.21 bits per heavy atom. The van der Waals surface area contributed by atoms with Crippen LogP contribution in [0.4, 0.5) is 4.39 Å². The van der Waals surface area contributed by atoms with E-state index < -0.39 is 18.0 Å². The third-order valence-corrected chi connectivity index (χ3v) is 4.43. The lowest BCUT2D eigenvalue weighted by Gasteiger charge is -2.13. The highest BCUT2D eigenvalue weighted by Crippen LogP contribution is 2.11. The highest BCUT2D eigenvalue weighted by molar-refractivity contribution is 5.97. The normalized spacial score (nSPS) is 11.6. The Hall–Kier alpha value is -3.02. The van der Waals surface area contributed by atoms with Crippen LogP contribution in [0.5, 0.6) is 0 Å². The maximum Gasteiger partial charge on any atom is 0.307 e. The van der Waals surface area contributed by atoms with Gasteiger partial charge in [-0.05, 0) is 36.6 Å². The molecular weight excluding hydrogens is 373 g/mol. The Morgan fingerprint density at radius 2 is 1.59 bits per heavy atom. The van der Waals surface area contributed by atoms with Crippen molar-refractivity contribution in [1.82, 2.24) is 5.32 Å². The summed E-state index contributed by atoms with van der Waals surface area (Å²) < 4.78 is 18.0. The molecular formula is C23H26FNO4. The van der Waals surface area contributed by atoms with Crippen LogP contribution in [0.25, 0.3) is 0 Å². The van der Waals surface area contributed by atoms with Crippen molar-refractivity contribution in [1.29, 1.82) is 0 Å². The van der Waals surface area contributed by atoms with Gasteiger partial charge < -0.3 is 10.1 Å². The van der Waals surface area contributed by atoms with Gasteiger partial charge in [-0.3, -0.25) is 14.4 Å². The third-order valence-electron chi connectivity index (χ3n) is 4.43. The number of esters is 1. The van der Waals surface area contributed by atoms with Crippen molar-refractivity contribution in [3.63, 3.8) is 0 Å². The number of amides is 1. The van der Waals surface area contributed by atoms with Gasteiger partial charge in [0.15, 0.2) is 11.9 Å². The van der Waals surface area contributed by atoms with E-state index in [9.17, 15) is 18.8 Å². The predicted molar refractivity (Wildman–Crippen MR) is 108 cm³/mol. The first kappa shape index (κ1) is 22.3. The van der Waals surface area contributed by atoms with Gasteiger partial charge >= 0.3 is 5.97 Å². The average Bonchev–Trinajstić information content (AvgIpc) is 2.72. The Labute approximate surface area is 170 Å². The molecule has 0 bridgehead atoms. The van der Waals surface area contributed by atoms with Crippen LogP contribution in [-0.4, -0.2) is 23.8 Å². The van der Waals surface area contributed by atoms with E-state index in [1.165, 1.54) is 24.6 Å². The molecule has 0 saturated carbocycles. The number of benzene rings is 2. The van der Waals surface area contributed by atoms with Crippen molar-refractivity contribution in [2.75, 3.05) is 0 Å². The maximum absolute atomic E-state index is 12.9. The molecule has 0 fully saturated rings. The standard InChI is InChI=1S/C23H26FNO4/c1-3-4-17-5-9-19(10-6-17)21(26)13-14-22(27)29-16(2)23(28)25-15-18-7-11-20(24)12-8-18/h5-12,16H,3-4,13-15H2,1-2H3,(H,25,28)/t16-/m1/s1. The Kier molecular flexibility index (Phi) is 8.52. The molecule has 0 aliphatic heterocycles. The molecule has 6 heteroatoms. The molecule has 1 amide bonds. The lowest BCUT2D eigenvalue weighted by Crippen LogP contribution is -2.35. The molecule has 0 aliphatic carbocycles. The summed E-state index contributed by atoms with van der Waals surface area (Å²) in [7, 11) is 0. The quantitative estimate of drug-likeness (QED) is 0.484. The number of hydrogen-bond acceptors (Lipinski definition) is 4. The zero-order chi connectivity index (χ0) is 21.2. The fraction of sp³-hybridized carbons (Fsp3) is 0.348. The van der Waals surface area contributed by atoms with E-state index in [-0.39, 0.29) is 31.0 Å². The fourth-order valence-corrected chi connectivity index (χ4v) is 2.75. The first-order valence-electron chi connectivity index (χ1n) is 9.72. The molecule has 154 valence electrons. The minimum absolute atomic E-state index is 0.0237. The first-order valence-corrected chi connectivity index (χ1v) is 9.72. The molecule has 0 heterocycles. The van der Waals surface area contributed by atoms with E-state index in [1.807, 2.05) is 12.1 Å². The Morgan fingerprint density at radius 1 is 0.966 bits per heavy atom. The van der Waals surface area contributed by atoms with Crippen LogP contribution in [0.2, 0.25) is 0 Å². The number of Topliss-reactive ketones (excluding diaryl/α,β-unsaturated/α-hetero) is 1. The van der Waals surface area contributed by atoms with Crippen molar-refractivity contribution < 1.29 is 23.5 Å². The van der Waals surface area contributed by atoms with Crippen LogP contribution < -0.4 is 5.32 Å². The smallest absolute Gasteiger partial charge is 0.307 e. The summed E-state index contributed by atoms with van der Waals surface area (Å²) in [6.45, 7) is 3.76. The predicted octanol–water partition coefficient (Wildman–Crippen LogP) is 3.99. The van der Waals surface area contributed by atoms with Gasteiger partial charge in [-0.2, -0.15) is 0 Å². The van der Waals surface area contributed by atoms with E-state index in [0.717, 1.165) is 18.4 Å². The minimum Gasteiger partial charge on any atom is -0.453 e. The number of ketones is 1. The summed E-state index contributed by atoms with van der Waals surface area (Å²) in [4.78, 5) is 36.2. The third kappa shape index (κ3) is 7.49. The number of ether oxygens (including phenoxy) is 1. The van der Waals surface area contributed by atoms with E-state index in [1.54, 1.807) is 24.3 Å². The molecule has 0 unspecified atom stereocenters. The van der Waals surface area contributed by atoms with Crippen LogP contribution in [0.3, 0.4) is 0 Å². The van der Waals surface area contributed by atoms with E-state index in [4.69, 9.17) is 4.74 Å². The summed E-state index contributed by atoms with van der Waals surface area (Å²) in [6, 6.07) is 13.1. The second kappa shape index (κ2) is 11.1. The second-order valence-electron chi connectivity index (χ2n) is 6.85. The molecule has 0 spiro atoms. The zero-order valence-corrected chi connectivity index (χ0v) is 16.7. The van der Waals surface area contributed by atoms with Crippen molar-refractivity contribution in [3.8, 4) is 0 Å². The number of carbonyl (C=O) groups excluding carboxylic acids is 3. The fourth-order valence-electron chi connectivity index (χ4n) is 2.75. The molecule has 5 nitrogen and oxygen atoms in total. The van der Waals surface area contributed by atoms with E-state index in [0.29, 0.717) is 5.56 Å². The van der Waals surface area contributed by atoms with Gasteiger partial charge in [-0.1, -0.05) is 49.7 Å². The van der Waals surface area contributed by atoms with Crippen LogP contribution in [0.15, 0.2) is 48.5 Å². The first-order chi connectivity index (χ1) is 13.9. The van der Waals surface area contributed by atoms with Crippen LogP contribution in [-0.2, 0) is 27.3 Å². The number of nitrogens with one attached hydrogen (secondary N) is 1. The summed E-state index contributed by atoms with van der Waals surface area (Å²) in [5.74, 6) is -1.56. The number of carbonyl (C=O) groups is 3. The molecule has 2 rings (SSSR count). The number of rotatable bonds is 10. The van der Waals surface area contributed by atoms with Crippen molar-refractivity contribution in [2.45, 2.75) is 52.2 Å². The monoisotopic (exact) mass is 399 g/mol. The second-order valence-corrected chi connectivity index (χ2v) is 6.85. The lowest BCUT2D eigenvalue weighted by molar-refractivity contribution is -0.154. The summed E-state index contributed by atoms with van der Waals surface area (Å²) in [5, 5.41) is 2.62. The molecule has 29 heavy (non-hydrogen) atoms. The molecule has 2 aromatic rings. The van der Waals surface area contributed by atoms with Crippen LogP contribution in [0, 0.1) is 5.82 Å². The summed E-state index contributed by atoms with van der Waals surface area (Å²) in [5.41, 5.74) is 2.46. The van der Waals surface area contributed by atoms with Crippen molar-refractivity contribution in [2.24, 2.45) is 0 Å². The lowest BCUT2D eigenvalue weighted by atomic mass is 10.0. The molecule has 1 atom stereocenters. The minimum atomic E-state index is -0.980. The number of aryl methyl sites for hydroxylation is 1. The molecule has 0 aromatic heterocycles. The van der Waals surface area contributed by atoms with Gasteiger partial charge in [0.25, 0.3) is 5.91 Å². The topological polar surface area (TPSA) is 72.5 Å². The highest BCUT2D eigenvalue weighted by Gasteiger charge is 2.18. The molecule has 1 N–H and O–H groups in total. The van der Waals surface area contributed by atoms with Gasteiger partial charge in [-0.25, -0.2) is 4.39 Å². The van der Waals surface area contributed by atoms with Crippen LogP contribution in [0.1, 0.15) is 54.6 Å². The average molecular weight is 399 g/mol. The number of halogens is 1. The maximum atomic E-state index is 12.9. The van der Waals surface area contributed by atoms with Crippen molar-refractivity contribution >= 4 is 17.7 Å². The van der Waals surface area contributed by atoms with Gasteiger partial charge in [0.2, 0.25) is 0 Å². The Balaban J connectivity index is 1.73. The van der Waals surface area contributed by atoms with Crippen molar-refractivity contribution in [3.05, 3.63) is 71.0 Å². The molecule has 0 radical (unpaired) electrons. The Bertz CT molecular complexity index is 831. The van der Waals surface area contributed by atoms with Gasteiger partial charge in [-0.15, -0.1) is 0 Å². The summed E-state index contributed by atoms with van der Waals surface area (Å²) >= 11 is 0.